The monoisotopic (exact) mass is 267 g/mol. The van der Waals surface area contributed by atoms with Gasteiger partial charge in [0.25, 0.3) is 0 Å². The maximum absolute atomic E-state index is 9.58. The number of nitrogens with zero attached hydrogens (tertiary/aromatic N) is 1. The summed E-state index contributed by atoms with van der Waals surface area (Å²) in [4.78, 5) is 0. The Bertz CT molecular complexity index is 527. The normalized spacial score (nSPS) is 10.3. The highest BCUT2D eigenvalue weighted by Crippen LogP contribution is 2.34. The molecule has 2 nitrogen and oxygen atoms in total. The first-order valence-electron chi connectivity index (χ1n) is 3.96. The standard InChI is InChI=1S/C10H6BrNOS/c11-3-8-9(13)2-1-7-6(4-12)5-14-10(7)8/h1-2,5,13H,3H2. The predicted octanol–water partition coefficient (Wildman–Crippen LogP) is 3.37. The quantitative estimate of drug-likeness (QED) is 0.806. The minimum atomic E-state index is 0.278. The van der Waals surface area contributed by atoms with Gasteiger partial charge in [0.2, 0.25) is 0 Å². The number of phenols is 1. The molecule has 0 amide bonds. The number of nitriles is 1. The Morgan fingerprint density at radius 2 is 2.29 bits per heavy atom. The number of fused-ring (bicyclic) bond motifs is 1. The van der Waals surface area contributed by atoms with Crippen molar-refractivity contribution in [3.05, 3.63) is 28.6 Å². The summed E-state index contributed by atoms with van der Waals surface area (Å²) in [5.41, 5.74) is 1.53. The van der Waals surface area contributed by atoms with Crippen molar-refractivity contribution in [3.8, 4) is 11.8 Å². The van der Waals surface area contributed by atoms with E-state index in [2.05, 4.69) is 22.0 Å². The topological polar surface area (TPSA) is 44.0 Å². The van der Waals surface area contributed by atoms with Gasteiger partial charge < -0.3 is 5.11 Å². The van der Waals surface area contributed by atoms with Gasteiger partial charge in [-0.05, 0) is 12.1 Å². The first-order valence-corrected chi connectivity index (χ1v) is 5.96. The molecular weight excluding hydrogens is 262 g/mol. The van der Waals surface area contributed by atoms with Crippen molar-refractivity contribution in [2.75, 3.05) is 0 Å². The average Bonchev–Trinajstić information content (AvgIpc) is 2.60. The van der Waals surface area contributed by atoms with Crippen molar-refractivity contribution < 1.29 is 5.11 Å². The molecule has 1 N–H and O–H groups in total. The maximum atomic E-state index is 9.58. The van der Waals surface area contributed by atoms with Gasteiger partial charge in [0, 0.05) is 26.4 Å². The van der Waals surface area contributed by atoms with Crippen LogP contribution < -0.4 is 0 Å². The second-order valence-electron chi connectivity index (χ2n) is 2.83. The molecule has 2 aromatic rings. The van der Waals surface area contributed by atoms with Crippen molar-refractivity contribution in [1.82, 2.24) is 0 Å². The molecule has 0 bridgehead atoms. The van der Waals surface area contributed by atoms with E-state index in [0.717, 1.165) is 15.6 Å². The number of aromatic hydroxyl groups is 1. The number of halogens is 1. The molecule has 14 heavy (non-hydrogen) atoms. The Morgan fingerprint density at radius 1 is 1.50 bits per heavy atom. The highest BCUT2D eigenvalue weighted by atomic mass is 79.9. The van der Waals surface area contributed by atoms with Crippen LogP contribution in [0.2, 0.25) is 0 Å². The van der Waals surface area contributed by atoms with Gasteiger partial charge in [0.05, 0.1) is 5.56 Å². The summed E-state index contributed by atoms with van der Waals surface area (Å²) >= 11 is 4.82. The van der Waals surface area contributed by atoms with E-state index in [1.165, 1.54) is 11.3 Å². The Kier molecular flexibility index (Phi) is 2.44. The minimum Gasteiger partial charge on any atom is -0.508 e. The van der Waals surface area contributed by atoms with Crippen LogP contribution >= 0.6 is 27.3 Å². The van der Waals surface area contributed by atoms with Gasteiger partial charge >= 0.3 is 0 Å². The number of hydrogen-bond donors (Lipinski definition) is 1. The number of hydrogen-bond acceptors (Lipinski definition) is 3. The summed E-state index contributed by atoms with van der Waals surface area (Å²) in [7, 11) is 0. The van der Waals surface area contributed by atoms with Gasteiger partial charge in [0.15, 0.2) is 0 Å². The molecule has 0 spiro atoms. The van der Waals surface area contributed by atoms with Crippen molar-refractivity contribution in [2.45, 2.75) is 5.33 Å². The van der Waals surface area contributed by atoms with Crippen LogP contribution in [-0.4, -0.2) is 5.11 Å². The highest BCUT2D eigenvalue weighted by molar-refractivity contribution is 9.08. The summed E-state index contributed by atoms with van der Waals surface area (Å²) in [5, 5.41) is 21.8. The molecule has 0 aliphatic carbocycles. The molecule has 0 saturated heterocycles. The smallest absolute Gasteiger partial charge is 0.121 e. The highest BCUT2D eigenvalue weighted by Gasteiger charge is 2.10. The SMILES string of the molecule is N#Cc1csc2c(CBr)c(O)ccc12. The number of alkyl halides is 1. The fraction of sp³-hybridized carbons (Fsp3) is 0.100. The molecular formula is C10H6BrNOS. The van der Waals surface area contributed by atoms with Gasteiger partial charge in [-0.1, -0.05) is 15.9 Å². The van der Waals surface area contributed by atoms with Crippen LogP contribution in [0.1, 0.15) is 11.1 Å². The molecule has 0 aliphatic rings. The van der Waals surface area contributed by atoms with Crippen molar-refractivity contribution in [3.63, 3.8) is 0 Å². The lowest BCUT2D eigenvalue weighted by molar-refractivity contribution is 0.472. The third-order valence-electron chi connectivity index (χ3n) is 2.07. The average molecular weight is 268 g/mol. The van der Waals surface area contributed by atoms with Crippen molar-refractivity contribution in [2.24, 2.45) is 0 Å². The van der Waals surface area contributed by atoms with Gasteiger partial charge in [0.1, 0.15) is 11.8 Å². The molecule has 4 heteroatoms. The van der Waals surface area contributed by atoms with E-state index < -0.39 is 0 Å². The van der Waals surface area contributed by atoms with Crippen LogP contribution in [0, 0.1) is 11.3 Å². The second kappa shape index (κ2) is 3.60. The van der Waals surface area contributed by atoms with Crippen LogP contribution in [0.3, 0.4) is 0 Å². The van der Waals surface area contributed by atoms with E-state index in [4.69, 9.17) is 5.26 Å². The molecule has 0 atom stereocenters. The largest absolute Gasteiger partial charge is 0.508 e. The van der Waals surface area contributed by atoms with E-state index in [9.17, 15) is 5.11 Å². The molecule has 0 aliphatic heterocycles. The number of phenolic OH excluding ortho intramolecular Hbond substituents is 1. The van der Waals surface area contributed by atoms with E-state index in [1.54, 1.807) is 12.1 Å². The molecule has 1 aromatic carbocycles. The van der Waals surface area contributed by atoms with E-state index in [-0.39, 0.29) is 5.75 Å². The Morgan fingerprint density at radius 3 is 2.93 bits per heavy atom. The third-order valence-corrected chi connectivity index (χ3v) is 3.69. The van der Waals surface area contributed by atoms with Crippen LogP contribution in [-0.2, 0) is 5.33 Å². The molecule has 0 radical (unpaired) electrons. The third kappa shape index (κ3) is 1.29. The molecule has 2 rings (SSSR count). The van der Waals surface area contributed by atoms with E-state index in [0.29, 0.717) is 10.9 Å². The van der Waals surface area contributed by atoms with Gasteiger partial charge in [-0.3, -0.25) is 0 Å². The summed E-state index contributed by atoms with van der Waals surface area (Å²) in [6.07, 6.45) is 0. The molecule has 0 saturated carbocycles. The number of thiophene rings is 1. The Hall–Kier alpha value is -1.05. The van der Waals surface area contributed by atoms with Gasteiger partial charge in [-0.15, -0.1) is 11.3 Å². The Labute approximate surface area is 93.5 Å². The molecule has 0 unspecified atom stereocenters. The maximum Gasteiger partial charge on any atom is 0.121 e. The first-order chi connectivity index (χ1) is 6.77. The molecule has 1 aromatic heterocycles. The lowest BCUT2D eigenvalue weighted by atomic mass is 10.1. The lowest BCUT2D eigenvalue weighted by Gasteiger charge is -2.01. The lowest BCUT2D eigenvalue weighted by Crippen LogP contribution is -1.80. The van der Waals surface area contributed by atoms with Crippen LogP contribution in [0.5, 0.6) is 5.75 Å². The van der Waals surface area contributed by atoms with Crippen LogP contribution in [0.15, 0.2) is 17.5 Å². The summed E-state index contributed by atoms with van der Waals surface area (Å²) < 4.78 is 0.985. The van der Waals surface area contributed by atoms with Crippen molar-refractivity contribution >= 4 is 37.4 Å². The molecule has 70 valence electrons. The Balaban J connectivity index is 2.85. The van der Waals surface area contributed by atoms with Gasteiger partial charge in [-0.25, -0.2) is 0 Å². The fourth-order valence-corrected chi connectivity index (χ4v) is 3.15. The fourth-order valence-electron chi connectivity index (χ4n) is 1.36. The summed E-state index contributed by atoms with van der Waals surface area (Å²) in [6, 6.07) is 5.55. The predicted molar refractivity (Wildman–Crippen MR) is 60.8 cm³/mol. The van der Waals surface area contributed by atoms with E-state index >= 15 is 0 Å². The first kappa shape index (κ1) is 9.50. The zero-order chi connectivity index (χ0) is 10.1. The van der Waals surface area contributed by atoms with Crippen molar-refractivity contribution in [1.29, 1.82) is 5.26 Å². The van der Waals surface area contributed by atoms with E-state index in [1.807, 2.05) is 5.38 Å². The molecule has 1 heterocycles. The number of benzene rings is 1. The van der Waals surface area contributed by atoms with Gasteiger partial charge in [-0.2, -0.15) is 5.26 Å². The second-order valence-corrected chi connectivity index (χ2v) is 4.28. The van der Waals surface area contributed by atoms with Crippen LogP contribution in [0.4, 0.5) is 0 Å². The zero-order valence-corrected chi connectivity index (χ0v) is 9.52. The summed E-state index contributed by atoms with van der Waals surface area (Å²) in [5.74, 6) is 0.278. The minimum absolute atomic E-state index is 0.278. The van der Waals surface area contributed by atoms with Crippen LogP contribution in [0.25, 0.3) is 10.1 Å². The number of rotatable bonds is 1. The zero-order valence-electron chi connectivity index (χ0n) is 7.12. The summed E-state index contributed by atoms with van der Waals surface area (Å²) in [6.45, 7) is 0. The molecule has 0 fully saturated rings.